The van der Waals surface area contributed by atoms with Crippen LogP contribution in [0.3, 0.4) is 0 Å². The summed E-state index contributed by atoms with van der Waals surface area (Å²) in [4.78, 5) is 24.3. The topological polar surface area (TPSA) is 130 Å². The number of carbonyl (C=O) groups is 2. The van der Waals surface area contributed by atoms with E-state index in [9.17, 15) is 9.59 Å². The fourth-order valence-corrected chi connectivity index (χ4v) is 3.49. The standard InChI is InChI=1S/C23H29N5O3/c1-5-28-21(24)19(22(25)30)20(26-28)15-8-6-14(7-9-15)10-17(29)12-18-11-16(27-31-18)13-23(2,3)4/h6-9,11H,5,10,12-13,24H2,1-4H3,(H2,25,30). The van der Waals surface area contributed by atoms with Gasteiger partial charge in [0.15, 0.2) is 0 Å². The lowest BCUT2D eigenvalue weighted by molar-refractivity contribution is -0.118. The third-order valence-corrected chi connectivity index (χ3v) is 4.86. The molecule has 0 spiro atoms. The number of nitrogens with two attached hydrogens (primary N) is 2. The second kappa shape index (κ2) is 8.75. The molecule has 8 nitrogen and oxygen atoms in total. The zero-order valence-corrected chi connectivity index (χ0v) is 18.4. The van der Waals surface area contributed by atoms with E-state index < -0.39 is 5.91 Å². The van der Waals surface area contributed by atoms with Crippen molar-refractivity contribution in [3.8, 4) is 11.3 Å². The number of rotatable bonds is 8. The van der Waals surface area contributed by atoms with E-state index in [2.05, 4.69) is 31.0 Å². The summed E-state index contributed by atoms with van der Waals surface area (Å²) in [5.74, 6) is 0.238. The van der Waals surface area contributed by atoms with Crippen molar-refractivity contribution in [1.29, 1.82) is 0 Å². The maximum Gasteiger partial charge on any atom is 0.254 e. The Morgan fingerprint density at radius 2 is 1.81 bits per heavy atom. The molecule has 0 atom stereocenters. The van der Waals surface area contributed by atoms with Crippen molar-refractivity contribution in [3.63, 3.8) is 0 Å². The van der Waals surface area contributed by atoms with E-state index >= 15 is 0 Å². The third-order valence-electron chi connectivity index (χ3n) is 4.86. The van der Waals surface area contributed by atoms with E-state index in [-0.39, 0.29) is 35.4 Å². The molecule has 2 heterocycles. The van der Waals surface area contributed by atoms with Gasteiger partial charge in [0.2, 0.25) is 0 Å². The summed E-state index contributed by atoms with van der Waals surface area (Å²) in [7, 11) is 0. The van der Waals surface area contributed by atoms with E-state index in [0.29, 0.717) is 23.6 Å². The van der Waals surface area contributed by atoms with Crippen molar-refractivity contribution in [2.45, 2.75) is 53.5 Å². The lowest BCUT2D eigenvalue weighted by Crippen LogP contribution is -2.14. The average Bonchev–Trinajstić information content (AvgIpc) is 3.24. The highest BCUT2D eigenvalue weighted by molar-refractivity contribution is 6.03. The number of primary amides is 1. The summed E-state index contributed by atoms with van der Waals surface area (Å²) in [6, 6.07) is 9.15. The molecule has 0 saturated heterocycles. The van der Waals surface area contributed by atoms with Crippen molar-refractivity contribution in [2.75, 3.05) is 5.73 Å². The van der Waals surface area contributed by atoms with Crippen molar-refractivity contribution >= 4 is 17.5 Å². The number of amides is 1. The summed E-state index contributed by atoms with van der Waals surface area (Å²) in [6.07, 6.45) is 1.25. The van der Waals surface area contributed by atoms with Crippen LogP contribution in [0, 0.1) is 5.41 Å². The predicted molar refractivity (Wildman–Crippen MR) is 118 cm³/mol. The van der Waals surface area contributed by atoms with Gasteiger partial charge in [-0.15, -0.1) is 0 Å². The van der Waals surface area contributed by atoms with Crippen LogP contribution in [-0.2, 0) is 30.6 Å². The Morgan fingerprint density at radius 1 is 1.13 bits per heavy atom. The van der Waals surface area contributed by atoms with Crippen LogP contribution < -0.4 is 11.5 Å². The van der Waals surface area contributed by atoms with Crippen molar-refractivity contribution in [3.05, 3.63) is 52.9 Å². The number of anilines is 1. The van der Waals surface area contributed by atoms with Crippen molar-refractivity contribution in [1.82, 2.24) is 14.9 Å². The Hall–Kier alpha value is -3.42. The second-order valence-corrected chi connectivity index (χ2v) is 8.90. The first-order chi connectivity index (χ1) is 14.6. The Labute approximate surface area is 181 Å². The van der Waals surface area contributed by atoms with Gasteiger partial charge < -0.3 is 16.0 Å². The van der Waals surface area contributed by atoms with Crippen LogP contribution in [0.2, 0.25) is 0 Å². The van der Waals surface area contributed by atoms with Crippen LogP contribution in [0.25, 0.3) is 11.3 Å². The third kappa shape index (κ3) is 5.39. The van der Waals surface area contributed by atoms with Crippen molar-refractivity contribution < 1.29 is 14.1 Å². The Kier molecular flexibility index (Phi) is 6.29. The number of carbonyl (C=O) groups excluding carboxylic acids is 2. The van der Waals surface area contributed by atoms with Gasteiger partial charge in [0, 0.05) is 24.6 Å². The number of aromatic nitrogens is 3. The molecular formula is C23H29N5O3. The summed E-state index contributed by atoms with van der Waals surface area (Å²) >= 11 is 0. The normalized spacial score (nSPS) is 11.6. The number of ketones is 1. The van der Waals surface area contributed by atoms with Gasteiger partial charge in [-0.25, -0.2) is 4.68 Å². The van der Waals surface area contributed by atoms with E-state index in [1.165, 1.54) is 4.68 Å². The predicted octanol–water partition coefficient (Wildman–Crippen LogP) is 3.18. The van der Waals surface area contributed by atoms with Gasteiger partial charge in [0.25, 0.3) is 5.91 Å². The highest BCUT2D eigenvalue weighted by atomic mass is 16.5. The highest BCUT2D eigenvalue weighted by Gasteiger charge is 2.21. The number of nitrogen functional groups attached to an aromatic ring is 1. The Bertz CT molecular complexity index is 1090. The average molecular weight is 424 g/mol. The van der Waals surface area contributed by atoms with Gasteiger partial charge in [0.05, 0.1) is 12.1 Å². The molecule has 31 heavy (non-hydrogen) atoms. The number of nitrogens with zero attached hydrogens (tertiary/aromatic N) is 3. The molecule has 1 aromatic carbocycles. The first kappa shape index (κ1) is 22.3. The Balaban J connectivity index is 1.69. The molecule has 0 aliphatic carbocycles. The summed E-state index contributed by atoms with van der Waals surface area (Å²) in [5.41, 5.74) is 14.7. The maximum atomic E-state index is 12.5. The molecule has 0 fully saturated rings. The molecule has 0 radical (unpaired) electrons. The molecule has 0 aliphatic heterocycles. The largest absolute Gasteiger partial charge is 0.383 e. The first-order valence-electron chi connectivity index (χ1n) is 10.3. The molecule has 4 N–H and O–H groups in total. The zero-order chi connectivity index (χ0) is 22.8. The number of hydrogen-bond acceptors (Lipinski definition) is 6. The lowest BCUT2D eigenvalue weighted by atomic mass is 9.90. The second-order valence-electron chi connectivity index (χ2n) is 8.90. The van der Waals surface area contributed by atoms with E-state index in [0.717, 1.165) is 17.7 Å². The van der Waals surface area contributed by atoms with Gasteiger partial charge in [-0.1, -0.05) is 50.2 Å². The first-order valence-corrected chi connectivity index (χ1v) is 10.3. The highest BCUT2D eigenvalue weighted by Crippen LogP contribution is 2.27. The summed E-state index contributed by atoms with van der Waals surface area (Å²) < 4.78 is 6.86. The maximum absolute atomic E-state index is 12.5. The van der Waals surface area contributed by atoms with E-state index in [4.69, 9.17) is 16.0 Å². The monoisotopic (exact) mass is 423 g/mol. The van der Waals surface area contributed by atoms with Gasteiger partial charge in [-0.05, 0) is 24.3 Å². The molecule has 0 saturated carbocycles. The lowest BCUT2D eigenvalue weighted by Gasteiger charge is -2.14. The number of aryl methyl sites for hydroxylation is 1. The van der Waals surface area contributed by atoms with E-state index in [1.54, 1.807) is 0 Å². The minimum atomic E-state index is -0.621. The molecule has 8 heteroatoms. The van der Waals surface area contributed by atoms with Crippen LogP contribution in [-0.4, -0.2) is 26.6 Å². The molecule has 1 amide bonds. The molecular weight excluding hydrogens is 394 g/mol. The molecule has 3 aromatic rings. The molecule has 3 rings (SSSR count). The SMILES string of the molecule is CCn1nc(-c2ccc(CC(=O)Cc3cc(CC(C)(C)C)no3)cc2)c(C(N)=O)c1N. The molecule has 2 aromatic heterocycles. The fraction of sp³-hybridized carbons (Fsp3) is 0.391. The quantitative estimate of drug-likeness (QED) is 0.572. The van der Waals surface area contributed by atoms with E-state index in [1.807, 2.05) is 37.3 Å². The number of hydrogen-bond donors (Lipinski definition) is 2. The van der Waals surface area contributed by atoms with Gasteiger partial charge >= 0.3 is 0 Å². The van der Waals surface area contributed by atoms with Crippen LogP contribution >= 0.6 is 0 Å². The molecule has 0 unspecified atom stereocenters. The van der Waals surface area contributed by atoms with Crippen molar-refractivity contribution in [2.24, 2.45) is 11.1 Å². The van der Waals surface area contributed by atoms with Crippen LogP contribution in [0.4, 0.5) is 5.82 Å². The smallest absolute Gasteiger partial charge is 0.254 e. The number of benzene rings is 1. The Morgan fingerprint density at radius 3 is 2.39 bits per heavy atom. The summed E-state index contributed by atoms with van der Waals surface area (Å²) in [5, 5.41) is 8.46. The van der Waals surface area contributed by atoms with Gasteiger partial charge in [0.1, 0.15) is 28.6 Å². The van der Waals surface area contributed by atoms with Crippen LogP contribution in [0.1, 0.15) is 55.1 Å². The molecule has 164 valence electrons. The molecule has 0 bridgehead atoms. The fourth-order valence-electron chi connectivity index (χ4n) is 3.49. The van der Waals surface area contributed by atoms with Crippen LogP contribution in [0.15, 0.2) is 34.9 Å². The van der Waals surface area contributed by atoms with Gasteiger partial charge in [-0.2, -0.15) is 5.10 Å². The minimum absolute atomic E-state index is 0.0311. The summed E-state index contributed by atoms with van der Waals surface area (Å²) in [6.45, 7) is 8.79. The molecule has 0 aliphatic rings. The minimum Gasteiger partial charge on any atom is -0.383 e. The van der Waals surface area contributed by atoms with Crippen LogP contribution in [0.5, 0.6) is 0 Å². The zero-order valence-electron chi connectivity index (χ0n) is 18.4. The van der Waals surface area contributed by atoms with Gasteiger partial charge in [-0.3, -0.25) is 9.59 Å². The number of Topliss-reactive ketones (excluding diaryl/α,β-unsaturated/α-hetero) is 1.